The van der Waals surface area contributed by atoms with Gasteiger partial charge in [0.1, 0.15) is 21.6 Å². The second kappa shape index (κ2) is 5.42. The number of aromatic nitrogens is 2. The predicted octanol–water partition coefficient (Wildman–Crippen LogP) is 3.50. The van der Waals surface area contributed by atoms with Gasteiger partial charge in [-0.05, 0) is 51.2 Å². The maximum atomic E-state index is 13.4. The Kier molecular flexibility index (Phi) is 4.13. The zero-order valence-electron chi connectivity index (χ0n) is 8.75. The summed E-state index contributed by atoms with van der Waals surface area (Å²) in [6.07, 6.45) is 3.17. The highest BCUT2D eigenvalue weighted by atomic mass is 127. The van der Waals surface area contributed by atoms with E-state index in [4.69, 9.17) is 4.74 Å². The van der Waals surface area contributed by atoms with Gasteiger partial charge in [-0.2, -0.15) is 0 Å². The molecule has 0 saturated carbocycles. The number of hydrogen-bond acceptors (Lipinski definition) is 3. The normalized spacial score (nSPS) is 10.4. The van der Waals surface area contributed by atoms with Gasteiger partial charge in [0.2, 0.25) is 0 Å². The van der Waals surface area contributed by atoms with E-state index in [1.165, 1.54) is 19.5 Å². The fourth-order valence-electron chi connectivity index (χ4n) is 1.40. The maximum Gasteiger partial charge on any atom is 0.140 e. The third-order valence-corrected chi connectivity index (χ3v) is 3.88. The van der Waals surface area contributed by atoms with Crippen molar-refractivity contribution in [2.75, 3.05) is 7.11 Å². The molecule has 0 aliphatic heterocycles. The number of rotatable bonds is 2. The Morgan fingerprint density at radius 2 is 2.00 bits per heavy atom. The quantitative estimate of drug-likeness (QED) is 0.513. The van der Waals surface area contributed by atoms with Crippen molar-refractivity contribution in [3.63, 3.8) is 0 Å². The minimum absolute atomic E-state index is 0.293. The number of halogens is 3. The minimum atomic E-state index is -0.293. The molecule has 0 bridgehead atoms. The first-order chi connectivity index (χ1) is 8.13. The largest absolute Gasteiger partial charge is 0.496 e. The van der Waals surface area contributed by atoms with Crippen LogP contribution in [-0.4, -0.2) is 17.1 Å². The summed E-state index contributed by atoms with van der Waals surface area (Å²) < 4.78 is 20.0. The SMILES string of the molecule is COc1cc(F)c(I)cc1-c1cncnc1I. The molecule has 0 radical (unpaired) electrons. The van der Waals surface area contributed by atoms with Crippen LogP contribution in [0.5, 0.6) is 5.75 Å². The predicted molar refractivity (Wildman–Crippen MR) is 79.4 cm³/mol. The Hall–Kier alpha value is -0.510. The molecule has 2 aromatic rings. The van der Waals surface area contributed by atoms with E-state index in [1.807, 2.05) is 22.6 Å². The average molecular weight is 456 g/mol. The van der Waals surface area contributed by atoms with Crippen LogP contribution in [0.3, 0.4) is 0 Å². The molecule has 0 unspecified atom stereocenters. The highest BCUT2D eigenvalue weighted by molar-refractivity contribution is 14.1. The topological polar surface area (TPSA) is 35.0 Å². The van der Waals surface area contributed by atoms with E-state index in [-0.39, 0.29) is 5.82 Å². The van der Waals surface area contributed by atoms with Gasteiger partial charge in [0, 0.05) is 27.0 Å². The average Bonchev–Trinajstić information content (AvgIpc) is 2.33. The Morgan fingerprint density at radius 1 is 1.24 bits per heavy atom. The van der Waals surface area contributed by atoms with Crippen LogP contribution in [0.4, 0.5) is 4.39 Å². The van der Waals surface area contributed by atoms with E-state index >= 15 is 0 Å². The molecule has 6 heteroatoms. The van der Waals surface area contributed by atoms with Crippen molar-refractivity contribution in [2.24, 2.45) is 0 Å². The smallest absolute Gasteiger partial charge is 0.140 e. The first-order valence-corrected chi connectivity index (χ1v) is 6.78. The van der Waals surface area contributed by atoms with Gasteiger partial charge in [-0.15, -0.1) is 0 Å². The van der Waals surface area contributed by atoms with Crippen molar-refractivity contribution in [3.05, 3.63) is 37.7 Å². The lowest BCUT2D eigenvalue weighted by atomic mass is 10.1. The number of nitrogens with zero attached hydrogens (tertiary/aromatic N) is 2. The van der Waals surface area contributed by atoms with Crippen LogP contribution in [0, 0.1) is 13.1 Å². The fourth-order valence-corrected chi connectivity index (χ4v) is 2.42. The molecule has 0 aliphatic rings. The third-order valence-electron chi connectivity index (χ3n) is 2.20. The molecule has 0 saturated heterocycles. The Labute approximate surface area is 125 Å². The van der Waals surface area contributed by atoms with Gasteiger partial charge in [0.25, 0.3) is 0 Å². The highest BCUT2D eigenvalue weighted by Crippen LogP contribution is 2.34. The van der Waals surface area contributed by atoms with Crippen molar-refractivity contribution in [1.29, 1.82) is 0 Å². The number of methoxy groups -OCH3 is 1. The second-order valence-corrected chi connectivity index (χ2v) is 5.38. The summed E-state index contributed by atoms with van der Waals surface area (Å²) in [5.41, 5.74) is 1.63. The molecule has 0 atom stereocenters. The fraction of sp³-hybridized carbons (Fsp3) is 0.0909. The zero-order valence-corrected chi connectivity index (χ0v) is 13.1. The van der Waals surface area contributed by atoms with Crippen molar-refractivity contribution in [2.45, 2.75) is 0 Å². The molecule has 1 aromatic carbocycles. The summed E-state index contributed by atoms with van der Waals surface area (Å²) in [7, 11) is 1.52. The van der Waals surface area contributed by atoms with Crippen molar-refractivity contribution < 1.29 is 9.13 Å². The second-order valence-electron chi connectivity index (χ2n) is 3.19. The molecule has 0 amide bonds. The molecule has 0 aliphatic carbocycles. The maximum absolute atomic E-state index is 13.4. The highest BCUT2D eigenvalue weighted by Gasteiger charge is 2.13. The lowest BCUT2D eigenvalue weighted by molar-refractivity contribution is 0.412. The molecule has 2 rings (SSSR count). The Bertz CT molecular complexity index is 563. The molecule has 0 fully saturated rings. The number of ether oxygens (including phenoxy) is 1. The Balaban J connectivity index is 2.67. The molecule has 88 valence electrons. The monoisotopic (exact) mass is 456 g/mol. The summed E-state index contributed by atoms with van der Waals surface area (Å²) >= 11 is 4.06. The van der Waals surface area contributed by atoms with Crippen LogP contribution in [-0.2, 0) is 0 Å². The molecule has 3 nitrogen and oxygen atoms in total. The van der Waals surface area contributed by atoms with Crippen molar-refractivity contribution >= 4 is 45.2 Å². The van der Waals surface area contributed by atoms with Crippen LogP contribution in [0.2, 0.25) is 0 Å². The molecule has 1 heterocycles. The van der Waals surface area contributed by atoms with E-state index in [0.29, 0.717) is 9.32 Å². The van der Waals surface area contributed by atoms with Crippen LogP contribution >= 0.6 is 45.2 Å². The van der Waals surface area contributed by atoms with E-state index in [2.05, 4.69) is 32.6 Å². The van der Waals surface area contributed by atoms with Gasteiger partial charge in [-0.25, -0.2) is 14.4 Å². The number of benzene rings is 1. The van der Waals surface area contributed by atoms with E-state index in [0.717, 1.165) is 14.8 Å². The van der Waals surface area contributed by atoms with Crippen molar-refractivity contribution in [1.82, 2.24) is 9.97 Å². The van der Waals surface area contributed by atoms with Crippen LogP contribution in [0.25, 0.3) is 11.1 Å². The minimum Gasteiger partial charge on any atom is -0.496 e. The Morgan fingerprint density at radius 3 is 2.65 bits per heavy atom. The lowest BCUT2D eigenvalue weighted by Crippen LogP contribution is -1.95. The number of hydrogen-bond donors (Lipinski definition) is 0. The van der Waals surface area contributed by atoms with E-state index in [1.54, 1.807) is 12.3 Å². The standard InChI is InChI=1S/C11H7FI2N2O/c1-17-10-3-8(12)9(13)2-6(10)7-4-15-5-16-11(7)14/h2-5H,1H3. The van der Waals surface area contributed by atoms with Crippen LogP contribution < -0.4 is 4.74 Å². The summed E-state index contributed by atoms with van der Waals surface area (Å²) in [5.74, 6) is 0.189. The first kappa shape index (κ1) is 12.9. The van der Waals surface area contributed by atoms with Gasteiger partial charge in [0.05, 0.1) is 7.11 Å². The summed E-state index contributed by atoms with van der Waals surface area (Å²) in [4.78, 5) is 8.09. The third kappa shape index (κ3) is 2.67. The molecular weight excluding hydrogens is 449 g/mol. The van der Waals surface area contributed by atoms with Gasteiger partial charge < -0.3 is 4.74 Å². The summed E-state index contributed by atoms with van der Waals surface area (Å²) in [6.45, 7) is 0. The zero-order chi connectivity index (χ0) is 12.4. The first-order valence-electron chi connectivity index (χ1n) is 4.62. The van der Waals surface area contributed by atoms with Gasteiger partial charge >= 0.3 is 0 Å². The van der Waals surface area contributed by atoms with Crippen LogP contribution in [0.15, 0.2) is 24.7 Å². The van der Waals surface area contributed by atoms with E-state index in [9.17, 15) is 4.39 Å². The molecule has 1 aromatic heterocycles. The molecule has 0 spiro atoms. The van der Waals surface area contributed by atoms with Gasteiger partial charge in [0.15, 0.2) is 0 Å². The summed E-state index contributed by atoms with van der Waals surface area (Å²) in [6, 6.07) is 3.11. The van der Waals surface area contributed by atoms with E-state index < -0.39 is 0 Å². The summed E-state index contributed by atoms with van der Waals surface area (Å²) in [5, 5.41) is 0. The van der Waals surface area contributed by atoms with Crippen molar-refractivity contribution in [3.8, 4) is 16.9 Å². The molecular formula is C11H7FI2N2O. The van der Waals surface area contributed by atoms with Crippen LogP contribution in [0.1, 0.15) is 0 Å². The van der Waals surface area contributed by atoms with Gasteiger partial charge in [-0.1, -0.05) is 0 Å². The molecule has 17 heavy (non-hydrogen) atoms. The lowest BCUT2D eigenvalue weighted by Gasteiger charge is -2.10. The molecule has 0 N–H and O–H groups in total. The van der Waals surface area contributed by atoms with Gasteiger partial charge in [-0.3, -0.25) is 0 Å².